The summed E-state index contributed by atoms with van der Waals surface area (Å²) >= 11 is 0. The van der Waals surface area contributed by atoms with E-state index in [9.17, 15) is 4.79 Å². The Morgan fingerprint density at radius 3 is 2.62 bits per heavy atom. The summed E-state index contributed by atoms with van der Waals surface area (Å²) in [5, 5.41) is 3.08. The Hall–Kier alpha value is -3.34. The number of nitrogens with zero attached hydrogens (tertiary/aromatic N) is 2. The van der Waals surface area contributed by atoms with Gasteiger partial charge in [-0.3, -0.25) is 4.79 Å². The Morgan fingerprint density at radius 2 is 1.85 bits per heavy atom. The Labute approximate surface area is 151 Å². The van der Waals surface area contributed by atoms with Crippen LogP contribution in [0.1, 0.15) is 23.2 Å². The number of hydrogen-bond acceptors (Lipinski definition) is 3. The molecule has 2 aromatic heterocycles. The highest BCUT2D eigenvalue weighted by Crippen LogP contribution is 2.22. The van der Waals surface area contributed by atoms with Crippen LogP contribution in [0.4, 0.5) is 0 Å². The van der Waals surface area contributed by atoms with Gasteiger partial charge < -0.3 is 14.3 Å². The number of fused-ring (bicyclic) bond motifs is 1. The predicted octanol–water partition coefficient (Wildman–Crippen LogP) is 3.84. The maximum absolute atomic E-state index is 12.8. The number of carbonyl (C=O) groups excluding carboxylic acids is 1. The van der Waals surface area contributed by atoms with Crippen molar-refractivity contribution in [1.29, 1.82) is 0 Å². The summed E-state index contributed by atoms with van der Waals surface area (Å²) in [5.74, 6) is 1.42. The van der Waals surface area contributed by atoms with Gasteiger partial charge in [-0.25, -0.2) is 4.98 Å². The van der Waals surface area contributed by atoms with Crippen LogP contribution < -0.4 is 5.32 Å². The SMILES string of the molecule is Cc1nc2ccccc2n1CC(=O)NC(c1ccccc1)c1ccco1. The summed E-state index contributed by atoms with van der Waals surface area (Å²) in [6.07, 6.45) is 1.62. The van der Waals surface area contributed by atoms with Gasteiger partial charge in [0.05, 0.1) is 17.3 Å². The van der Waals surface area contributed by atoms with Gasteiger partial charge in [-0.15, -0.1) is 0 Å². The van der Waals surface area contributed by atoms with Crippen LogP contribution in [0, 0.1) is 6.92 Å². The minimum absolute atomic E-state index is 0.0958. The molecule has 5 heteroatoms. The molecular weight excluding hydrogens is 326 g/mol. The lowest BCUT2D eigenvalue weighted by molar-refractivity contribution is -0.122. The zero-order valence-corrected chi connectivity index (χ0v) is 14.4. The first-order valence-corrected chi connectivity index (χ1v) is 8.52. The molecule has 2 aromatic carbocycles. The van der Waals surface area contributed by atoms with E-state index in [0.29, 0.717) is 5.76 Å². The number of nitrogens with one attached hydrogen (secondary N) is 1. The molecular formula is C21H19N3O2. The van der Waals surface area contributed by atoms with Gasteiger partial charge in [-0.2, -0.15) is 0 Å². The summed E-state index contributed by atoms with van der Waals surface area (Å²) in [6.45, 7) is 2.12. The molecule has 0 spiro atoms. The van der Waals surface area contributed by atoms with Crippen LogP contribution in [0.2, 0.25) is 0 Å². The van der Waals surface area contributed by atoms with E-state index in [4.69, 9.17) is 4.42 Å². The number of imidazole rings is 1. The predicted molar refractivity (Wildman–Crippen MR) is 99.6 cm³/mol. The second kappa shape index (κ2) is 6.88. The molecule has 0 radical (unpaired) electrons. The Bertz CT molecular complexity index is 1020. The van der Waals surface area contributed by atoms with E-state index in [1.807, 2.05) is 78.2 Å². The molecule has 1 amide bonds. The lowest BCUT2D eigenvalue weighted by atomic mass is 10.0. The van der Waals surface area contributed by atoms with Crippen LogP contribution in [0.5, 0.6) is 0 Å². The number of aromatic nitrogens is 2. The van der Waals surface area contributed by atoms with Crippen molar-refractivity contribution in [3.05, 3.63) is 90.1 Å². The quantitative estimate of drug-likeness (QED) is 0.598. The Morgan fingerprint density at radius 1 is 1.08 bits per heavy atom. The van der Waals surface area contributed by atoms with Crippen LogP contribution in [-0.2, 0) is 11.3 Å². The Balaban J connectivity index is 1.60. The highest BCUT2D eigenvalue weighted by molar-refractivity contribution is 5.81. The second-order valence-electron chi connectivity index (χ2n) is 6.16. The van der Waals surface area contributed by atoms with Crippen LogP contribution in [-0.4, -0.2) is 15.5 Å². The zero-order valence-electron chi connectivity index (χ0n) is 14.4. The van der Waals surface area contributed by atoms with Crippen molar-refractivity contribution in [2.75, 3.05) is 0 Å². The van der Waals surface area contributed by atoms with E-state index >= 15 is 0 Å². The molecule has 0 fully saturated rings. The average Bonchev–Trinajstić information content (AvgIpc) is 3.29. The van der Waals surface area contributed by atoms with Crippen molar-refractivity contribution in [3.8, 4) is 0 Å². The van der Waals surface area contributed by atoms with E-state index in [0.717, 1.165) is 22.4 Å². The fraction of sp³-hybridized carbons (Fsp3) is 0.143. The second-order valence-corrected chi connectivity index (χ2v) is 6.16. The molecule has 4 aromatic rings. The van der Waals surface area contributed by atoms with Crippen LogP contribution in [0.25, 0.3) is 11.0 Å². The van der Waals surface area contributed by atoms with Gasteiger partial charge >= 0.3 is 0 Å². The van der Waals surface area contributed by atoms with Gasteiger partial charge in [0, 0.05) is 0 Å². The summed E-state index contributed by atoms with van der Waals surface area (Å²) in [5.41, 5.74) is 2.82. The van der Waals surface area contributed by atoms with Crippen molar-refractivity contribution < 1.29 is 9.21 Å². The van der Waals surface area contributed by atoms with Gasteiger partial charge in [-0.1, -0.05) is 42.5 Å². The monoisotopic (exact) mass is 345 g/mol. The van der Waals surface area contributed by atoms with Crippen LogP contribution in [0.3, 0.4) is 0 Å². The van der Waals surface area contributed by atoms with Gasteiger partial charge in [0.1, 0.15) is 24.2 Å². The normalized spacial score (nSPS) is 12.2. The summed E-state index contributed by atoms with van der Waals surface area (Å²) in [4.78, 5) is 17.3. The molecule has 130 valence electrons. The lowest BCUT2D eigenvalue weighted by Gasteiger charge is -2.18. The molecule has 5 nitrogen and oxygen atoms in total. The third-order valence-electron chi connectivity index (χ3n) is 4.41. The molecule has 26 heavy (non-hydrogen) atoms. The number of benzene rings is 2. The zero-order chi connectivity index (χ0) is 17.9. The van der Waals surface area contributed by atoms with Gasteiger partial charge in [0.15, 0.2) is 0 Å². The van der Waals surface area contributed by atoms with E-state index in [1.54, 1.807) is 6.26 Å². The third-order valence-corrected chi connectivity index (χ3v) is 4.41. The number of carbonyl (C=O) groups is 1. The smallest absolute Gasteiger partial charge is 0.240 e. The Kier molecular flexibility index (Phi) is 4.27. The molecule has 1 unspecified atom stereocenters. The number of furan rings is 1. The van der Waals surface area contributed by atoms with Crippen molar-refractivity contribution in [2.45, 2.75) is 19.5 Å². The van der Waals surface area contributed by atoms with Crippen LogP contribution in [0.15, 0.2) is 77.4 Å². The molecule has 0 aliphatic heterocycles. The molecule has 2 heterocycles. The van der Waals surface area contributed by atoms with E-state index in [2.05, 4.69) is 10.3 Å². The molecule has 0 aliphatic carbocycles. The summed E-state index contributed by atoms with van der Waals surface area (Å²) in [7, 11) is 0. The molecule has 0 aliphatic rings. The maximum atomic E-state index is 12.8. The fourth-order valence-corrected chi connectivity index (χ4v) is 3.17. The molecule has 0 bridgehead atoms. The van der Waals surface area contributed by atoms with Gasteiger partial charge in [-0.05, 0) is 36.8 Å². The number of aryl methyl sites for hydroxylation is 1. The highest BCUT2D eigenvalue weighted by Gasteiger charge is 2.20. The molecule has 4 rings (SSSR count). The van der Waals surface area contributed by atoms with Crippen molar-refractivity contribution in [1.82, 2.24) is 14.9 Å². The molecule has 0 saturated carbocycles. The first-order valence-electron chi connectivity index (χ1n) is 8.52. The largest absolute Gasteiger partial charge is 0.467 e. The fourth-order valence-electron chi connectivity index (χ4n) is 3.17. The topological polar surface area (TPSA) is 60.1 Å². The highest BCUT2D eigenvalue weighted by atomic mass is 16.3. The van der Waals surface area contributed by atoms with Gasteiger partial charge in [0.25, 0.3) is 0 Å². The van der Waals surface area contributed by atoms with Crippen molar-refractivity contribution >= 4 is 16.9 Å². The lowest BCUT2D eigenvalue weighted by Crippen LogP contribution is -2.32. The first-order chi connectivity index (χ1) is 12.7. The molecule has 1 N–H and O–H groups in total. The summed E-state index contributed by atoms with van der Waals surface area (Å²) in [6, 6.07) is 21.0. The first kappa shape index (κ1) is 16.1. The molecule has 1 atom stereocenters. The number of para-hydroxylation sites is 2. The maximum Gasteiger partial charge on any atom is 0.240 e. The number of hydrogen-bond donors (Lipinski definition) is 1. The average molecular weight is 345 g/mol. The third kappa shape index (κ3) is 3.11. The number of rotatable bonds is 5. The van der Waals surface area contributed by atoms with Crippen LogP contribution >= 0.6 is 0 Å². The molecule has 0 saturated heterocycles. The van der Waals surface area contributed by atoms with E-state index < -0.39 is 0 Å². The minimum Gasteiger partial charge on any atom is -0.467 e. The minimum atomic E-state index is -0.325. The van der Waals surface area contributed by atoms with Crippen molar-refractivity contribution in [2.24, 2.45) is 0 Å². The number of amides is 1. The van der Waals surface area contributed by atoms with Crippen molar-refractivity contribution in [3.63, 3.8) is 0 Å². The standard InChI is InChI=1S/C21H19N3O2/c1-15-22-17-10-5-6-11-18(17)24(15)14-20(25)23-21(19-12-7-13-26-19)16-8-3-2-4-9-16/h2-13,21H,14H2,1H3,(H,23,25). The van der Waals surface area contributed by atoms with E-state index in [1.165, 1.54) is 0 Å². The summed E-state index contributed by atoms with van der Waals surface area (Å²) < 4.78 is 7.47. The van der Waals surface area contributed by atoms with Gasteiger partial charge in [0.2, 0.25) is 5.91 Å². The van der Waals surface area contributed by atoms with E-state index in [-0.39, 0.29) is 18.5 Å².